The fourth-order valence-corrected chi connectivity index (χ4v) is 2.61. The van der Waals surface area contributed by atoms with Gasteiger partial charge in [0, 0.05) is 13.5 Å². The van der Waals surface area contributed by atoms with Gasteiger partial charge in [0.05, 0.1) is 22.3 Å². The number of esters is 1. The Morgan fingerprint density at radius 2 is 1.96 bits per heavy atom. The van der Waals surface area contributed by atoms with Gasteiger partial charge in [-0.1, -0.05) is 29.3 Å². The smallest absolute Gasteiger partial charge is 0.433 e. The summed E-state index contributed by atoms with van der Waals surface area (Å²) >= 11 is 11.7. The van der Waals surface area contributed by atoms with Gasteiger partial charge in [0.2, 0.25) is 0 Å². The maximum atomic E-state index is 13.3. The van der Waals surface area contributed by atoms with E-state index in [0.29, 0.717) is 15.3 Å². The van der Waals surface area contributed by atoms with Crippen molar-refractivity contribution < 1.29 is 22.7 Å². The van der Waals surface area contributed by atoms with E-state index in [-0.39, 0.29) is 23.7 Å². The van der Waals surface area contributed by atoms with Gasteiger partial charge in [0.25, 0.3) is 0 Å². The number of hydrogen-bond acceptors (Lipinski definition) is 3. The van der Waals surface area contributed by atoms with Gasteiger partial charge >= 0.3 is 12.1 Å². The molecule has 1 aromatic carbocycles. The van der Waals surface area contributed by atoms with Crippen LogP contribution in [0.3, 0.4) is 0 Å². The predicted molar refractivity (Wildman–Crippen MR) is 83.4 cm³/mol. The third-order valence-corrected chi connectivity index (χ3v) is 3.96. The van der Waals surface area contributed by atoms with Crippen LogP contribution in [0.5, 0.6) is 0 Å². The highest BCUT2D eigenvalue weighted by molar-refractivity contribution is 6.42. The summed E-state index contributed by atoms with van der Waals surface area (Å²) in [4.78, 5) is 12.0. The predicted octanol–water partition coefficient (Wildman–Crippen LogP) is 4.51. The number of aryl methyl sites for hydroxylation is 1. The van der Waals surface area contributed by atoms with Crippen LogP contribution in [-0.2, 0) is 24.4 Å². The Hall–Kier alpha value is -1.73. The number of ether oxygens (including phenoxy) is 1. The first-order chi connectivity index (χ1) is 11.1. The van der Waals surface area contributed by atoms with E-state index in [1.165, 1.54) is 19.1 Å². The molecule has 4 nitrogen and oxygen atoms in total. The molecule has 2 rings (SSSR count). The van der Waals surface area contributed by atoms with E-state index in [2.05, 4.69) is 5.10 Å². The first-order valence-electron chi connectivity index (χ1n) is 6.89. The van der Waals surface area contributed by atoms with Crippen molar-refractivity contribution >= 4 is 29.2 Å². The summed E-state index contributed by atoms with van der Waals surface area (Å²) in [5, 5.41) is 4.43. The molecule has 0 aliphatic heterocycles. The lowest BCUT2D eigenvalue weighted by Crippen LogP contribution is -2.18. The minimum absolute atomic E-state index is 0.0189. The Morgan fingerprint density at radius 1 is 1.29 bits per heavy atom. The largest absolute Gasteiger partial charge is 0.462 e. The summed E-state index contributed by atoms with van der Waals surface area (Å²) < 4.78 is 45.2. The van der Waals surface area contributed by atoms with Gasteiger partial charge in [0.1, 0.15) is 5.56 Å². The minimum Gasteiger partial charge on any atom is -0.462 e. The lowest BCUT2D eigenvalue weighted by Gasteiger charge is -2.10. The highest BCUT2D eigenvalue weighted by Gasteiger charge is 2.41. The standard InChI is InChI=1S/C15H13Cl2F3N2O2/c1-3-24-14(23)12-11(21-22(2)13(12)15(18,19)20)7-8-4-5-9(16)10(17)6-8/h4-6H,3,7H2,1-2H3. The van der Waals surface area contributed by atoms with Crippen LogP contribution in [0.4, 0.5) is 13.2 Å². The molecule has 0 spiro atoms. The van der Waals surface area contributed by atoms with E-state index in [1.807, 2.05) is 0 Å². The molecule has 0 saturated heterocycles. The molecule has 9 heteroatoms. The molecule has 24 heavy (non-hydrogen) atoms. The summed E-state index contributed by atoms with van der Waals surface area (Å²) in [6.45, 7) is 1.47. The molecule has 0 saturated carbocycles. The number of rotatable bonds is 4. The van der Waals surface area contributed by atoms with Crippen LogP contribution in [0.2, 0.25) is 10.0 Å². The number of carbonyl (C=O) groups excluding carboxylic acids is 1. The van der Waals surface area contributed by atoms with Crippen molar-refractivity contribution in [1.82, 2.24) is 9.78 Å². The van der Waals surface area contributed by atoms with Crippen LogP contribution in [0, 0.1) is 0 Å². The Morgan fingerprint density at radius 3 is 2.50 bits per heavy atom. The Balaban J connectivity index is 2.52. The van der Waals surface area contributed by atoms with Gasteiger partial charge in [-0.25, -0.2) is 4.79 Å². The highest BCUT2D eigenvalue weighted by atomic mass is 35.5. The fraction of sp³-hybridized carbons (Fsp3) is 0.333. The van der Waals surface area contributed by atoms with Crippen molar-refractivity contribution in [2.75, 3.05) is 6.61 Å². The third kappa shape index (κ3) is 3.84. The molecule has 1 heterocycles. The van der Waals surface area contributed by atoms with Crippen LogP contribution in [-0.4, -0.2) is 22.4 Å². The fourth-order valence-electron chi connectivity index (χ4n) is 2.29. The Labute approximate surface area is 146 Å². The topological polar surface area (TPSA) is 44.1 Å². The molecule has 0 aliphatic carbocycles. The van der Waals surface area contributed by atoms with Crippen LogP contribution in [0.1, 0.15) is 34.2 Å². The lowest BCUT2D eigenvalue weighted by molar-refractivity contribution is -0.144. The first kappa shape index (κ1) is 18.6. The Bertz CT molecular complexity index is 773. The summed E-state index contributed by atoms with van der Waals surface area (Å²) in [5.74, 6) is -1.06. The average molecular weight is 381 g/mol. The van der Waals surface area contributed by atoms with Crippen LogP contribution in [0.15, 0.2) is 18.2 Å². The summed E-state index contributed by atoms with van der Waals surface area (Å²) in [7, 11) is 1.13. The second-order valence-corrected chi connectivity index (χ2v) is 5.75. The van der Waals surface area contributed by atoms with E-state index in [4.69, 9.17) is 27.9 Å². The molecule has 0 atom stereocenters. The number of carbonyl (C=O) groups is 1. The number of alkyl halides is 3. The van der Waals surface area contributed by atoms with Crippen molar-refractivity contribution in [2.24, 2.45) is 7.05 Å². The number of benzene rings is 1. The van der Waals surface area contributed by atoms with Gasteiger partial charge in [-0.3, -0.25) is 4.68 Å². The van der Waals surface area contributed by atoms with Crippen LogP contribution in [0.25, 0.3) is 0 Å². The molecule has 0 bridgehead atoms. The van der Waals surface area contributed by atoms with Crippen molar-refractivity contribution in [2.45, 2.75) is 19.5 Å². The van der Waals surface area contributed by atoms with Crippen LogP contribution < -0.4 is 0 Å². The molecule has 0 amide bonds. The molecule has 1 aromatic heterocycles. The van der Waals surface area contributed by atoms with E-state index in [9.17, 15) is 18.0 Å². The zero-order chi connectivity index (χ0) is 18.1. The second kappa shape index (κ2) is 7.03. The molecule has 2 aromatic rings. The molecule has 0 unspecified atom stereocenters. The second-order valence-electron chi connectivity index (χ2n) is 4.94. The lowest BCUT2D eigenvalue weighted by atomic mass is 10.0. The Kier molecular flexibility index (Phi) is 5.45. The van der Waals surface area contributed by atoms with Gasteiger partial charge < -0.3 is 4.74 Å². The van der Waals surface area contributed by atoms with E-state index >= 15 is 0 Å². The van der Waals surface area contributed by atoms with Crippen LogP contribution >= 0.6 is 23.2 Å². The van der Waals surface area contributed by atoms with Crippen molar-refractivity contribution in [3.8, 4) is 0 Å². The van der Waals surface area contributed by atoms with Gasteiger partial charge in [0.15, 0.2) is 5.69 Å². The van der Waals surface area contributed by atoms with Gasteiger partial charge in [-0.15, -0.1) is 0 Å². The normalized spacial score (nSPS) is 11.6. The third-order valence-electron chi connectivity index (χ3n) is 3.22. The first-order valence-corrected chi connectivity index (χ1v) is 7.64. The SMILES string of the molecule is CCOC(=O)c1c(Cc2ccc(Cl)c(Cl)c2)nn(C)c1C(F)(F)F. The van der Waals surface area contributed by atoms with Gasteiger partial charge in [-0.05, 0) is 24.6 Å². The molecular weight excluding hydrogens is 368 g/mol. The summed E-state index contributed by atoms with van der Waals surface area (Å²) in [6, 6.07) is 4.64. The van der Waals surface area contributed by atoms with Gasteiger partial charge in [-0.2, -0.15) is 18.3 Å². The van der Waals surface area contributed by atoms with Crippen molar-refractivity contribution in [1.29, 1.82) is 0 Å². The molecular formula is C15H13Cl2F3N2O2. The minimum atomic E-state index is -4.74. The maximum Gasteiger partial charge on any atom is 0.433 e. The molecule has 0 N–H and O–H groups in total. The maximum absolute atomic E-state index is 13.3. The number of aromatic nitrogens is 2. The zero-order valence-electron chi connectivity index (χ0n) is 12.7. The number of halogens is 5. The molecule has 0 fully saturated rings. The molecule has 130 valence electrons. The molecule has 0 radical (unpaired) electrons. The van der Waals surface area contributed by atoms with Crippen molar-refractivity contribution in [3.05, 3.63) is 50.8 Å². The number of nitrogens with zero attached hydrogens (tertiary/aromatic N) is 2. The van der Waals surface area contributed by atoms with E-state index < -0.39 is 23.4 Å². The zero-order valence-corrected chi connectivity index (χ0v) is 14.3. The highest BCUT2D eigenvalue weighted by Crippen LogP contribution is 2.34. The summed E-state index contributed by atoms with van der Waals surface area (Å²) in [6.07, 6.45) is -4.76. The van der Waals surface area contributed by atoms with E-state index in [0.717, 1.165) is 7.05 Å². The monoisotopic (exact) mass is 380 g/mol. The van der Waals surface area contributed by atoms with E-state index in [1.54, 1.807) is 6.07 Å². The quantitative estimate of drug-likeness (QED) is 0.732. The van der Waals surface area contributed by atoms with Crippen molar-refractivity contribution in [3.63, 3.8) is 0 Å². The molecule has 0 aliphatic rings. The number of hydrogen-bond donors (Lipinski definition) is 0. The summed E-state index contributed by atoms with van der Waals surface area (Å²) in [5.41, 5.74) is -1.20. The average Bonchev–Trinajstić information content (AvgIpc) is 2.79.